The van der Waals surface area contributed by atoms with Gasteiger partial charge in [0.25, 0.3) is 0 Å². The lowest BCUT2D eigenvalue weighted by atomic mass is 9.72. The van der Waals surface area contributed by atoms with Crippen LogP contribution < -0.4 is 5.32 Å². The highest BCUT2D eigenvalue weighted by molar-refractivity contribution is 4.92. The lowest BCUT2D eigenvalue weighted by Crippen LogP contribution is -2.52. The van der Waals surface area contributed by atoms with Crippen molar-refractivity contribution in [1.29, 1.82) is 0 Å². The molecule has 0 bridgehead atoms. The van der Waals surface area contributed by atoms with E-state index in [0.29, 0.717) is 17.5 Å². The van der Waals surface area contributed by atoms with Crippen LogP contribution in [0.4, 0.5) is 0 Å². The van der Waals surface area contributed by atoms with Crippen LogP contribution in [0, 0.1) is 5.41 Å². The van der Waals surface area contributed by atoms with Crippen molar-refractivity contribution < 1.29 is 4.74 Å². The molecule has 2 rings (SSSR count). The van der Waals surface area contributed by atoms with Gasteiger partial charge >= 0.3 is 0 Å². The van der Waals surface area contributed by atoms with Crippen molar-refractivity contribution in [1.82, 2.24) is 5.32 Å². The monoisotopic (exact) mass is 239 g/mol. The zero-order valence-corrected chi connectivity index (χ0v) is 12.0. The third kappa shape index (κ3) is 3.45. The molecule has 0 spiro atoms. The molecule has 1 aliphatic carbocycles. The fourth-order valence-electron chi connectivity index (χ4n) is 3.46. The summed E-state index contributed by atoms with van der Waals surface area (Å²) in [5.41, 5.74) is 0.537. The molecule has 0 aromatic rings. The van der Waals surface area contributed by atoms with Gasteiger partial charge < -0.3 is 10.1 Å². The molecule has 1 aliphatic heterocycles. The van der Waals surface area contributed by atoms with Crippen LogP contribution in [0.2, 0.25) is 0 Å². The Morgan fingerprint density at radius 2 is 1.82 bits per heavy atom. The fraction of sp³-hybridized carbons (Fsp3) is 1.00. The maximum absolute atomic E-state index is 5.80. The van der Waals surface area contributed by atoms with Gasteiger partial charge in [0.15, 0.2) is 0 Å². The molecule has 100 valence electrons. The normalized spacial score (nSPS) is 36.7. The summed E-state index contributed by atoms with van der Waals surface area (Å²) in [6, 6.07) is 1.36. The van der Waals surface area contributed by atoms with Gasteiger partial charge in [-0.2, -0.15) is 0 Å². The van der Waals surface area contributed by atoms with Crippen LogP contribution in [0.15, 0.2) is 0 Å². The summed E-state index contributed by atoms with van der Waals surface area (Å²) in [4.78, 5) is 0. The average molecular weight is 239 g/mol. The van der Waals surface area contributed by atoms with Crippen LogP contribution >= 0.6 is 0 Å². The SMILES string of the molecule is CC1(C)CC(NC2CCCCC2(C)C)CCO1. The molecule has 0 aromatic carbocycles. The Balaban J connectivity index is 1.91. The summed E-state index contributed by atoms with van der Waals surface area (Å²) < 4.78 is 5.80. The Morgan fingerprint density at radius 3 is 2.47 bits per heavy atom. The molecule has 0 radical (unpaired) electrons. The van der Waals surface area contributed by atoms with E-state index in [-0.39, 0.29) is 5.60 Å². The topological polar surface area (TPSA) is 21.3 Å². The van der Waals surface area contributed by atoms with Gasteiger partial charge in [-0.3, -0.25) is 0 Å². The summed E-state index contributed by atoms with van der Waals surface area (Å²) >= 11 is 0. The van der Waals surface area contributed by atoms with Gasteiger partial charge in [-0.15, -0.1) is 0 Å². The molecule has 2 unspecified atom stereocenters. The van der Waals surface area contributed by atoms with Gasteiger partial charge in [0.2, 0.25) is 0 Å². The minimum Gasteiger partial charge on any atom is -0.375 e. The lowest BCUT2D eigenvalue weighted by Gasteiger charge is -2.44. The van der Waals surface area contributed by atoms with Gasteiger partial charge in [0.1, 0.15) is 0 Å². The Morgan fingerprint density at radius 1 is 1.06 bits per heavy atom. The van der Waals surface area contributed by atoms with Gasteiger partial charge in [-0.1, -0.05) is 26.7 Å². The van der Waals surface area contributed by atoms with Gasteiger partial charge in [-0.05, 0) is 44.9 Å². The van der Waals surface area contributed by atoms with Crippen LogP contribution in [0.3, 0.4) is 0 Å². The van der Waals surface area contributed by atoms with Gasteiger partial charge in [-0.25, -0.2) is 0 Å². The zero-order valence-electron chi connectivity index (χ0n) is 12.0. The minimum absolute atomic E-state index is 0.0642. The number of hydrogen-bond acceptors (Lipinski definition) is 2. The Bertz CT molecular complexity index is 260. The van der Waals surface area contributed by atoms with Crippen molar-refractivity contribution in [3.8, 4) is 0 Å². The number of nitrogens with one attached hydrogen (secondary N) is 1. The molecule has 1 saturated carbocycles. The quantitative estimate of drug-likeness (QED) is 0.796. The summed E-state index contributed by atoms with van der Waals surface area (Å²) in [5, 5.41) is 3.92. The molecule has 2 heteroatoms. The van der Waals surface area contributed by atoms with Gasteiger partial charge in [0.05, 0.1) is 5.60 Å². The van der Waals surface area contributed by atoms with Crippen LogP contribution in [0.1, 0.15) is 66.2 Å². The second-order valence-electron chi connectivity index (χ2n) is 7.25. The molecule has 2 aliphatic rings. The van der Waals surface area contributed by atoms with E-state index in [9.17, 15) is 0 Å². The van der Waals surface area contributed by atoms with Crippen molar-refractivity contribution in [3.05, 3.63) is 0 Å². The van der Waals surface area contributed by atoms with Gasteiger partial charge in [0, 0.05) is 18.7 Å². The molecule has 1 saturated heterocycles. The molecule has 2 atom stereocenters. The Kier molecular flexibility index (Phi) is 3.84. The van der Waals surface area contributed by atoms with E-state index < -0.39 is 0 Å². The summed E-state index contributed by atoms with van der Waals surface area (Å²) in [7, 11) is 0. The third-order valence-corrected chi connectivity index (χ3v) is 4.64. The van der Waals surface area contributed by atoms with E-state index in [0.717, 1.165) is 13.0 Å². The van der Waals surface area contributed by atoms with Crippen LogP contribution in [0.25, 0.3) is 0 Å². The number of rotatable bonds is 2. The van der Waals surface area contributed by atoms with E-state index in [1.165, 1.54) is 32.1 Å². The average Bonchev–Trinajstić information content (AvgIpc) is 2.20. The molecule has 0 aromatic heterocycles. The highest BCUT2D eigenvalue weighted by Gasteiger charge is 2.36. The van der Waals surface area contributed by atoms with Crippen molar-refractivity contribution in [2.45, 2.75) is 83.9 Å². The summed E-state index contributed by atoms with van der Waals surface area (Å²) in [6.07, 6.45) is 7.86. The molecule has 2 nitrogen and oxygen atoms in total. The number of hydrogen-bond donors (Lipinski definition) is 1. The second kappa shape index (κ2) is 4.89. The van der Waals surface area contributed by atoms with Crippen LogP contribution in [-0.2, 0) is 4.74 Å². The van der Waals surface area contributed by atoms with Crippen molar-refractivity contribution in [2.24, 2.45) is 5.41 Å². The third-order valence-electron chi connectivity index (χ3n) is 4.64. The van der Waals surface area contributed by atoms with Crippen LogP contribution in [0.5, 0.6) is 0 Å². The smallest absolute Gasteiger partial charge is 0.0641 e. The first-order valence-corrected chi connectivity index (χ1v) is 7.29. The number of ether oxygens (including phenoxy) is 1. The molecule has 2 fully saturated rings. The second-order valence-corrected chi connectivity index (χ2v) is 7.25. The first kappa shape index (κ1) is 13.4. The first-order valence-electron chi connectivity index (χ1n) is 7.29. The summed E-state index contributed by atoms with van der Waals surface area (Å²) in [6.45, 7) is 10.2. The first-order chi connectivity index (χ1) is 7.89. The van der Waals surface area contributed by atoms with Crippen molar-refractivity contribution in [2.75, 3.05) is 6.61 Å². The van der Waals surface area contributed by atoms with Crippen molar-refractivity contribution in [3.63, 3.8) is 0 Å². The molecular weight excluding hydrogens is 210 g/mol. The Labute approximate surface area is 107 Å². The predicted molar refractivity (Wildman–Crippen MR) is 72.2 cm³/mol. The molecule has 1 N–H and O–H groups in total. The summed E-state index contributed by atoms with van der Waals surface area (Å²) in [5.74, 6) is 0. The van der Waals surface area contributed by atoms with E-state index in [2.05, 4.69) is 33.0 Å². The lowest BCUT2D eigenvalue weighted by molar-refractivity contribution is -0.0669. The fourth-order valence-corrected chi connectivity index (χ4v) is 3.46. The Hall–Kier alpha value is -0.0800. The minimum atomic E-state index is 0.0642. The van der Waals surface area contributed by atoms with E-state index >= 15 is 0 Å². The standard InChI is InChI=1S/C15H29NO/c1-14(2)9-6-5-7-13(14)16-12-8-10-17-15(3,4)11-12/h12-13,16H,5-11H2,1-4H3. The zero-order chi connectivity index (χ0) is 12.5. The van der Waals surface area contributed by atoms with E-state index in [1.54, 1.807) is 0 Å². The predicted octanol–water partition coefficient (Wildman–Crippen LogP) is 3.50. The van der Waals surface area contributed by atoms with Crippen LogP contribution in [-0.4, -0.2) is 24.3 Å². The largest absolute Gasteiger partial charge is 0.375 e. The maximum atomic E-state index is 5.80. The molecular formula is C15H29NO. The molecule has 17 heavy (non-hydrogen) atoms. The van der Waals surface area contributed by atoms with Crippen molar-refractivity contribution >= 4 is 0 Å². The highest BCUT2D eigenvalue weighted by Crippen LogP contribution is 2.36. The molecule has 1 heterocycles. The van der Waals surface area contributed by atoms with E-state index in [4.69, 9.17) is 4.74 Å². The van der Waals surface area contributed by atoms with E-state index in [1.807, 2.05) is 0 Å². The highest BCUT2D eigenvalue weighted by atomic mass is 16.5. The molecule has 0 amide bonds. The maximum Gasteiger partial charge on any atom is 0.0641 e.